The fourth-order valence-corrected chi connectivity index (χ4v) is 1.05. The van der Waals surface area contributed by atoms with Gasteiger partial charge in [-0.1, -0.05) is 12.1 Å². The van der Waals surface area contributed by atoms with Crippen LogP contribution in [0, 0.1) is 5.82 Å². The molecule has 0 atom stereocenters. The number of rotatable bonds is 2. The number of anilines is 3. The average molecular weight is 205 g/mol. The van der Waals surface area contributed by atoms with E-state index in [1.807, 2.05) is 0 Å². The van der Waals surface area contributed by atoms with Gasteiger partial charge in [0.15, 0.2) is 0 Å². The van der Waals surface area contributed by atoms with Gasteiger partial charge in [0.1, 0.15) is 12.1 Å². The quantitative estimate of drug-likeness (QED) is 0.773. The monoisotopic (exact) mass is 205 g/mol. The summed E-state index contributed by atoms with van der Waals surface area (Å²) in [6.07, 6.45) is 1.26. The fourth-order valence-electron chi connectivity index (χ4n) is 1.05. The molecule has 1 heterocycles. The molecule has 0 saturated carbocycles. The van der Waals surface area contributed by atoms with Gasteiger partial charge in [-0.2, -0.15) is 4.98 Å². The van der Waals surface area contributed by atoms with Crippen molar-refractivity contribution in [2.75, 3.05) is 11.1 Å². The summed E-state index contributed by atoms with van der Waals surface area (Å²) in [4.78, 5) is 11.2. The molecule has 0 saturated heterocycles. The first-order chi connectivity index (χ1) is 7.25. The molecule has 2 rings (SSSR count). The van der Waals surface area contributed by atoms with Crippen molar-refractivity contribution in [3.05, 3.63) is 36.4 Å². The molecule has 0 fully saturated rings. The van der Waals surface area contributed by atoms with Crippen LogP contribution in [0.15, 0.2) is 30.6 Å². The maximum Gasteiger partial charge on any atom is 0.232 e. The van der Waals surface area contributed by atoms with Crippen LogP contribution in [0.2, 0.25) is 0 Å². The Labute approximate surface area is 85.2 Å². The molecule has 0 radical (unpaired) electrons. The van der Waals surface area contributed by atoms with Crippen LogP contribution >= 0.6 is 0 Å². The van der Waals surface area contributed by atoms with Gasteiger partial charge in [-0.25, -0.2) is 14.4 Å². The number of nitrogens with zero attached hydrogens (tertiary/aromatic N) is 3. The fraction of sp³-hybridized carbons (Fsp3) is 0. The van der Waals surface area contributed by atoms with Crippen molar-refractivity contribution in [2.24, 2.45) is 0 Å². The van der Waals surface area contributed by atoms with E-state index in [4.69, 9.17) is 5.73 Å². The number of benzene rings is 1. The molecule has 76 valence electrons. The standard InChI is InChI=1S/C9H8FN5/c10-6-3-1-2-4-7(6)14-9-13-5-12-8(11)15-9/h1-5H,(H3,11,12,13,14,15). The second-order valence-corrected chi connectivity index (χ2v) is 2.77. The molecule has 1 aromatic carbocycles. The lowest BCUT2D eigenvalue weighted by atomic mass is 10.3. The summed E-state index contributed by atoms with van der Waals surface area (Å²) < 4.78 is 13.2. The number of hydrogen-bond donors (Lipinski definition) is 2. The molecule has 3 N–H and O–H groups in total. The third-order valence-electron chi connectivity index (χ3n) is 1.71. The second kappa shape index (κ2) is 3.87. The molecule has 0 spiro atoms. The number of aromatic nitrogens is 3. The topological polar surface area (TPSA) is 76.7 Å². The lowest BCUT2D eigenvalue weighted by Crippen LogP contribution is -2.02. The van der Waals surface area contributed by atoms with Gasteiger partial charge in [0.25, 0.3) is 0 Å². The number of para-hydroxylation sites is 1. The van der Waals surface area contributed by atoms with Crippen LogP contribution in [-0.4, -0.2) is 15.0 Å². The summed E-state index contributed by atoms with van der Waals surface area (Å²) in [7, 11) is 0. The van der Waals surface area contributed by atoms with E-state index < -0.39 is 0 Å². The molecule has 0 aliphatic carbocycles. The lowest BCUT2D eigenvalue weighted by molar-refractivity contribution is 0.631. The van der Waals surface area contributed by atoms with Gasteiger partial charge < -0.3 is 11.1 Å². The highest BCUT2D eigenvalue weighted by Gasteiger charge is 2.02. The SMILES string of the molecule is Nc1ncnc(Nc2ccccc2F)n1. The second-order valence-electron chi connectivity index (χ2n) is 2.77. The van der Waals surface area contributed by atoms with Crippen LogP contribution in [-0.2, 0) is 0 Å². The van der Waals surface area contributed by atoms with Gasteiger partial charge in [-0.15, -0.1) is 0 Å². The van der Waals surface area contributed by atoms with Gasteiger partial charge in [0.05, 0.1) is 5.69 Å². The van der Waals surface area contributed by atoms with Crippen LogP contribution in [0.1, 0.15) is 0 Å². The van der Waals surface area contributed by atoms with Crippen molar-refractivity contribution in [2.45, 2.75) is 0 Å². The molecule has 1 aromatic heterocycles. The number of nitrogens with one attached hydrogen (secondary N) is 1. The first-order valence-corrected chi connectivity index (χ1v) is 4.22. The Kier molecular flexibility index (Phi) is 2.40. The van der Waals surface area contributed by atoms with E-state index in [0.29, 0.717) is 5.69 Å². The Morgan fingerprint density at radius 2 is 2.00 bits per heavy atom. The number of hydrogen-bond acceptors (Lipinski definition) is 5. The molecule has 0 unspecified atom stereocenters. The summed E-state index contributed by atoms with van der Waals surface area (Å²) in [6, 6.07) is 6.22. The largest absolute Gasteiger partial charge is 0.368 e. The molecule has 0 aliphatic rings. The van der Waals surface area contributed by atoms with Crippen LogP contribution < -0.4 is 11.1 Å². The van der Waals surface area contributed by atoms with Gasteiger partial charge in [0.2, 0.25) is 11.9 Å². The van der Waals surface area contributed by atoms with Gasteiger partial charge in [-0.05, 0) is 12.1 Å². The zero-order valence-electron chi connectivity index (χ0n) is 7.68. The summed E-state index contributed by atoms with van der Waals surface area (Å²) in [5.41, 5.74) is 5.65. The van der Waals surface area contributed by atoms with Crippen LogP contribution in [0.4, 0.5) is 22.0 Å². The van der Waals surface area contributed by atoms with Gasteiger partial charge in [-0.3, -0.25) is 0 Å². The Morgan fingerprint density at radius 1 is 1.20 bits per heavy atom. The Balaban J connectivity index is 2.26. The number of nitrogens with two attached hydrogens (primary N) is 1. The Morgan fingerprint density at radius 3 is 2.73 bits per heavy atom. The smallest absolute Gasteiger partial charge is 0.232 e. The van der Waals surface area contributed by atoms with E-state index in [1.54, 1.807) is 18.2 Å². The third kappa shape index (κ3) is 2.16. The van der Waals surface area contributed by atoms with E-state index in [0.717, 1.165) is 0 Å². The normalized spacial score (nSPS) is 9.93. The number of nitrogen functional groups attached to an aromatic ring is 1. The molecule has 0 aliphatic heterocycles. The maximum atomic E-state index is 13.2. The molecular formula is C9H8FN5. The molecule has 0 amide bonds. The zero-order chi connectivity index (χ0) is 10.7. The zero-order valence-corrected chi connectivity index (χ0v) is 7.68. The summed E-state index contributed by atoms with van der Waals surface area (Å²) in [5, 5.41) is 2.70. The average Bonchev–Trinajstić information content (AvgIpc) is 2.22. The minimum absolute atomic E-state index is 0.0869. The lowest BCUT2D eigenvalue weighted by Gasteiger charge is -2.04. The highest BCUT2D eigenvalue weighted by Crippen LogP contribution is 2.16. The Bertz CT molecular complexity index is 474. The number of halogens is 1. The molecule has 6 heteroatoms. The van der Waals surface area contributed by atoms with E-state index in [2.05, 4.69) is 20.3 Å². The third-order valence-corrected chi connectivity index (χ3v) is 1.71. The van der Waals surface area contributed by atoms with E-state index in [1.165, 1.54) is 12.4 Å². The van der Waals surface area contributed by atoms with Crippen molar-refractivity contribution >= 4 is 17.6 Å². The highest BCUT2D eigenvalue weighted by atomic mass is 19.1. The minimum Gasteiger partial charge on any atom is -0.368 e. The maximum absolute atomic E-state index is 13.2. The molecule has 5 nitrogen and oxygen atoms in total. The van der Waals surface area contributed by atoms with Crippen molar-refractivity contribution < 1.29 is 4.39 Å². The van der Waals surface area contributed by atoms with Crippen LogP contribution in [0.5, 0.6) is 0 Å². The van der Waals surface area contributed by atoms with Crippen LogP contribution in [0.3, 0.4) is 0 Å². The molecule has 15 heavy (non-hydrogen) atoms. The first-order valence-electron chi connectivity index (χ1n) is 4.22. The summed E-state index contributed by atoms with van der Waals surface area (Å²) in [5.74, 6) is -0.0760. The van der Waals surface area contributed by atoms with E-state index in [9.17, 15) is 4.39 Å². The summed E-state index contributed by atoms with van der Waals surface area (Å²) in [6.45, 7) is 0. The van der Waals surface area contributed by atoms with Crippen LogP contribution in [0.25, 0.3) is 0 Å². The molecule has 0 bridgehead atoms. The minimum atomic E-state index is -0.378. The predicted octanol–water partition coefficient (Wildman–Crippen LogP) is 1.34. The van der Waals surface area contributed by atoms with Crippen molar-refractivity contribution in [1.29, 1.82) is 0 Å². The van der Waals surface area contributed by atoms with Gasteiger partial charge >= 0.3 is 0 Å². The van der Waals surface area contributed by atoms with E-state index >= 15 is 0 Å². The van der Waals surface area contributed by atoms with E-state index in [-0.39, 0.29) is 17.7 Å². The summed E-state index contributed by atoms with van der Waals surface area (Å²) >= 11 is 0. The van der Waals surface area contributed by atoms with Crippen molar-refractivity contribution in [3.63, 3.8) is 0 Å². The Hall–Kier alpha value is -2.24. The van der Waals surface area contributed by atoms with Gasteiger partial charge in [0, 0.05) is 0 Å². The predicted molar refractivity (Wildman–Crippen MR) is 53.9 cm³/mol. The first kappa shape index (κ1) is 9.32. The van der Waals surface area contributed by atoms with Crippen molar-refractivity contribution in [1.82, 2.24) is 15.0 Å². The molecular weight excluding hydrogens is 197 g/mol. The van der Waals surface area contributed by atoms with Crippen molar-refractivity contribution in [3.8, 4) is 0 Å². The molecule has 2 aromatic rings. The highest BCUT2D eigenvalue weighted by molar-refractivity contribution is 5.54.